The number of carbonyl (C=O) groups is 1. The van der Waals surface area contributed by atoms with Gasteiger partial charge in [-0.15, -0.1) is 0 Å². The third kappa shape index (κ3) is 4.02. The van der Waals surface area contributed by atoms with E-state index in [4.69, 9.17) is 0 Å². The minimum Gasteiger partial charge on any atom is -0.808 e. The molecule has 0 aromatic carbocycles. The number of hydrogen-bond donors (Lipinski definition) is 0. The monoisotopic (exact) mass is 180 g/mol. The summed E-state index contributed by atoms with van der Waals surface area (Å²) in [7, 11) is -4.82. The van der Waals surface area contributed by atoms with Crippen molar-refractivity contribution < 1.29 is 66.3 Å². The molecular weight excluding hydrogens is 177 g/mol. The molecular formula is C3H3Li2O6P. The van der Waals surface area contributed by atoms with Gasteiger partial charge in [0, 0.05) is 0 Å². The second-order valence-electron chi connectivity index (χ2n) is 1.67. The fourth-order valence-electron chi connectivity index (χ4n) is 0.474. The molecule has 9 heteroatoms. The van der Waals surface area contributed by atoms with Crippen molar-refractivity contribution in [2.45, 2.75) is 5.85 Å². The molecule has 1 unspecified atom stereocenters. The summed E-state index contributed by atoms with van der Waals surface area (Å²) < 4.78 is 18.1. The molecule has 0 aromatic heterocycles. The van der Waals surface area contributed by atoms with E-state index in [9.17, 15) is 19.1 Å². The Labute approximate surface area is 92.5 Å². The maximum absolute atomic E-state index is 10.1. The summed E-state index contributed by atoms with van der Waals surface area (Å²) in [5, 5.41) is 0. The number of rotatable bonds is 1. The zero-order chi connectivity index (χ0) is 7.78. The van der Waals surface area contributed by atoms with Gasteiger partial charge in [-0.2, -0.15) is 0 Å². The van der Waals surface area contributed by atoms with E-state index < -0.39 is 26.2 Å². The Hall–Kier alpha value is 0.615. The molecule has 1 aliphatic heterocycles. The van der Waals surface area contributed by atoms with E-state index in [-0.39, 0.29) is 37.7 Å². The molecule has 6 nitrogen and oxygen atoms in total. The smallest absolute Gasteiger partial charge is 0.808 e. The van der Waals surface area contributed by atoms with Crippen LogP contribution < -0.4 is 47.5 Å². The summed E-state index contributed by atoms with van der Waals surface area (Å²) in [4.78, 5) is 30.2. The van der Waals surface area contributed by atoms with Gasteiger partial charge in [0.2, 0.25) is 0 Å². The Balaban J connectivity index is 0. The fraction of sp³-hybridized carbons (Fsp3) is 0.667. The number of ether oxygens (including phenoxy) is 2. The standard InChI is InChI=1S/C3H5O6P.2Li/c4-3-8-1-2(9-3)10(5,6)7;;/h2H,1H2,(H2,5,6,7);;/q;2*+1/p-2. The van der Waals surface area contributed by atoms with Gasteiger partial charge in [-0.3, -0.25) is 0 Å². The van der Waals surface area contributed by atoms with Gasteiger partial charge in [-0.25, -0.2) is 4.79 Å². The summed E-state index contributed by atoms with van der Waals surface area (Å²) in [6, 6.07) is 0. The molecule has 1 saturated heterocycles. The van der Waals surface area contributed by atoms with Crippen molar-refractivity contribution in [3.63, 3.8) is 0 Å². The van der Waals surface area contributed by atoms with E-state index in [0.29, 0.717) is 0 Å². The molecule has 0 spiro atoms. The Morgan fingerprint density at radius 3 is 2.08 bits per heavy atom. The molecule has 12 heavy (non-hydrogen) atoms. The Morgan fingerprint density at radius 1 is 1.42 bits per heavy atom. The third-order valence-corrected chi connectivity index (χ3v) is 1.89. The molecule has 0 aromatic rings. The maximum Gasteiger partial charge on any atom is 1.00 e. The van der Waals surface area contributed by atoms with Crippen LogP contribution in [0.25, 0.3) is 0 Å². The van der Waals surface area contributed by atoms with Crippen molar-refractivity contribution in [2.24, 2.45) is 0 Å². The number of hydrogen-bond acceptors (Lipinski definition) is 6. The summed E-state index contributed by atoms with van der Waals surface area (Å²) >= 11 is 0. The van der Waals surface area contributed by atoms with Crippen molar-refractivity contribution in [1.29, 1.82) is 0 Å². The molecule has 1 atom stereocenters. The van der Waals surface area contributed by atoms with Gasteiger partial charge >= 0.3 is 43.9 Å². The first-order valence-electron chi connectivity index (χ1n) is 2.35. The maximum atomic E-state index is 10.1. The molecule has 1 rings (SSSR count). The van der Waals surface area contributed by atoms with Gasteiger partial charge in [0.15, 0.2) is 5.85 Å². The predicted molar refractivity (Wildman–Crippen MR) is 23.8 cm³/mol. The van der Waals surface area contributed by atoms with Gasteiger partial charge in [-0.1, -0.05) is 0 Å². The average molecular weight is 180 g/mol. The quantitative estimate of drug-likeness (QED) is 0.226. The first-order chi connectivity index (χ1) is 4.50. The van der Waals surface area contributed by atoms with Gasteiger partial charge in [0.1, 0.15) is 6.61 Å². The van der Waals surface area contributed by atoms with Crippen LogP contribution in [0.2, 0.25) is 0 Å². The molecule has 58 valence electrons. The summed E-state index contributed by atoms with van der Waals surface area (Å²) in [6.45, 7) is -0.497. The van der Waals surface area contributed by atoms with Crippen molar-refractivity contribution in [2.75, 3.05) is 6.61 Å². The molecule has 0 bridgehead atoms. The molecule has 0 radical (unpaired) electrons. The van der Waals surface area contributed by atoms with Crippen LogP contribution in [0.15, 0.2) is 0 Å². The third-order valence-electron chi connectivity index (χ3n) is 0.929. The van der Waals surface area contributed by atoms with Crippen LogP contribution in [0, 0.1) is 0 Å². The summed E-state index contributed by atoms with van der Waals surface area (Å²) in [5.41, 5.74) is 0. The zero-order valence-corrected chi connectivity index (χ0v) is 7.58. The Kier molecular flexibility index (Phi) is 6.76. The minimum atomic E-state index is -4.82. The largest absolute Gasteiger partial charge is 1.00 e. The second-order valence-corrected chi connectivity index (χ2v) is 3.33. The van der Waals surface area contributed by atoms with Gasteiger partial charge in [0.25, 0.3) is 0 Å². The van der Waals surface area contributed by atoms with E-state index in [2.05, 4.69) is 9.47 Å². The van der Waals surface area contributed by atoms with Crippen LogP contribution in [0.1, 0.15) is 0 Å². The van der Waals surface area contributed by atoms with Crippen molar-refractivity contribution >= 4 is 13.8 Å². The van der Waals surface area contributed by atoms with Crippen LogP contribution in [0.5, 0.6) is 0 Å². The van der Waals surface area contributed by atoms with E-state index in [0.717, 1.165) is 0 Å². The first kappa shape index (κ1) is 15.1. The first-order valence-corrected chi connectivity index (χ1v) is 3.96. The molecule has 0 N–H and O–H groups in total. The molecule has 0 saturated carbocycles. The topological polar surface area (TPSA) is 98.7 Å². The van der Waals surface area contributed by atoms with Gasteiger partial charge in [0.05, 0.1) is 0 Å². The van der Waals surface area contributed by atoms with E-state index in [1.165, 1.54) is 0 Å². The SMILES string of the molecule is O=C1OCC(P(=O)([O-])[O-])O1.[Li+].[Li+]. The normalized spacial score (nSPS) is 21.5. The van der Waals surface area contributed by atoms with Crippen LogP contribution >= 0.6 is 7.60 Å². The van der Waals surface area contributed by atoms with Crippen LogP contribution in [-0.4, -0.2) is 18.6 Å². The van der Waals surface area contributed by atoms with E-state index in [1.807, 2.05) is 0 Å². The second kappa shape index (κ2) is 5.37. The number of carbonyl (C=O) groups excluding carboxylic acids is 1. The molecule has 0 aliphatic carbocycles. The zero-order valence-electron chi connectivity index (χ0n) is 6.68. The fourth-order valence-corrected chi connectivity index (χ4v) is 0.947. The van der Waals surface area contributed by atoms with Crippen molar-refractivity contribution in [3.8, 4) is 0 Å². The van der Waals surface area contributed by atoms with E-state index in [1.54, 1.807) is 0 Å². The van der Waals surface area contributed by atoms with E-state index >= 15 is 0 Å². The predicted octanol–water partition coefficient (Wildman–Crippen LogP) is -7.60. The molecule has 0 amide bonds. The Bertz CT molecular complexity index is 201. The van der Waals surface area contributed by atoms with Crippen LogP contribution in [0.4, 0.5) is 4.79 Å². The Morgan fingerprint density at radius 2 is 1.92 bits per heavy atom. The summed E-state index contributed by atoms with van der Waals surface area (Å²) in [6.07, 6.45) is -1.11. The average Bonchev–Trinajstić information content (AvgIpc) is 2.11. The van der Waals surface area contributed by atoms with Crippen LogP contribution in [-0.2, 0) is 14.0 Å². The molecule has 1 heterocycles. The van der Waals surface area contributed by atoms with Gasteiger partial charge in [-0.05, 0) is 7.60 Å². The van der Waals surface area contributed by atoms with Gasteiger partial charge < -0.3 is 23.8 Å². The molecule has 1 aliphatic rings. The van der Waals surface area contributed by atoms with Crippen molar-refractivity contribution in [1.82, 2.24) is 0 Å². The van der Waals surface area contributed by atoms with Crippen molar-refractivity contribution in [3.05, 3.63) is 0 Å². The van der Waals surface area contributed by atoms with Crippen LogP contribution in [0.3, 0.4) is 0 Å². The number of cyclic esters (lactones) is 2. The minimum absolute atomic E-state index is 0. The summed E-state index contributed by atoms with van der Waals surface area (Å²) in [5.74, 6) is -1.64. The molecule has 1 fully saturated rings.